The molecule has 0 aliphatic heterocycles. The molecule has 1 heterocycles. The molecule has 0 aliphatic carbocycles. The topological polar surface area (TPSA) is 61.3 Å². The average molecular weight is 272 g/mol. The van der Waals surface area contributed by atoms with E-state index in [9.17, 15) is 4.79 Å². The lowest BCUT2D eigenvalue weighted by Crippen LogP contribution is -2.10. The van der Waals surface area contributed by atoms with Gasteiger partial charge in [0.1, 0.15) is 5.75 Å². The number of ether oxygens (including phenoxy) is 2. The molecular weight excluding hydrogens is 256 g/mol. The fourth-order valence-corrected chi connectivity index (χ4v) is 1.75. The van der Waals surface area contributed by atoms with Gasteiger partial charge in [0, 0.05) is 18.8 Å². The largest absolute Gasteiger partial charge is 0.493 e. The Labute approximate surface area is 117 Å². The number of carbonyl (C=O) groups excluding carboxylic acids is 1. The van der Waals surface area contributed by atoms with E-state index in [2.05, 4.69) is 9.97 Å². The highest BCUT2D eigenvalue weighted by Crippen LogP contribution is 2.15. The van der Waals surface area contributed by atoms with Gasteiger partial charge in [-0.25, -0.2) is 9.97 Å². The number of methoxy groups -OCH3 is 1. The standard InChI is InChI=1S/C15H16N2O3/c1-11-4-3-5-12(10-11)20-9-6-13(18)14-15(19-2)17-8-7-16-14/h3-5,7-8,10H,6,9H2,1-2H3. The molecule has 5 heteroatoms. The van der Waals surface area contributed by atoms with Gasteiger partial charge in [0.25, 0.3) is 0 Å². The Balaban J connectivity index is 1.92. The van der Waals surface area contributed by atoms with Crippen LogP contribution in [-0.4, -0.2) is 29.5 Å². The van der Waals surface area contributed by atoms with Crippen molar-refractivity contribution >= 4 is 5.78 Å². The van der Waals surface area contributed by atoms with E-state index >= 15 is 0 Å². The maximum atomic E-state index is 12.0. The predicted octanol–water partition coefficient (Wildman–Crippen LogP) is 2.45. The van der Waals surface area contributed by atoms with E-state index in [1.54, 1.807) is 0 Å². The Kier molecular flexibility index (Phi) is 4.65. The molecule has 0 aliphatic rings. The van der Waals surface area contributed by atoms with Crippen molar-refractivity contribution in [1.29, 1.82) is 0 Å². The zero-order valence-electron chi connectivity index (χ0n) is 11.5. The molecule has 0 unspecified atom stereocenters. The monoisotopic (exact) mass is 272 g/mol. The summed E-state index contributed by atoms with van der Waals surface area (Å²) < 4.78 is 10.6. The van der Waals surface area contributed by atoms with Gasteiger partial charge in [0.15, 0.2) is 11.5 Å². The smallest absolute Gasteiger partial charge is 0.243 e. The molecule has 0 radical (unpaired) electrons. The highest BCUT2D eigenvalue weighted by Gasteiger charge is 2.14. The fourth-order valence-electron chi connectivity index (χ4n) is 1.75. The highest BCUT2D eigenvalue weighted by molar-refractivity contribution is 5.96. The summed E-state index contributed by atoms with van der Waals surface area (Å²) in [5, 5.41) is 0. The molecule has 0 fully saturated rings. The quantitative estimate of drug-likeness (QED) is 0.756. The lowest BCUT2D eigenvalue weighted by Gasteiger charge is -2.07. The molecular formula is C15H16N2O3. The summed E-state index contributed by atoms with van der Waals surface area (Å²) in [6.45, 7) is 2.28. The zero-order chi connectivity index (χ0) is 14.4. The average Bonchev–Trinajstić information content (AvgIpc) is 2.47. The Bertz CT molecular complexity index is 599. The van der Waals surface area contributed by atoms with Crippen molar-refractivity contribution in [1.82, 2.24) is 9.97 Å². The third-order valence-corrected chi connectivity index (χ3v) is 2.71. The molecule has 104 valence electrons. The van der Waals surface area contributed by atoms with Crippen molar-refractivity contribution in [3.05, 3.63) is 47.9 Å². The Morgan fingerprint density at radius 2 is 2.05 bits per heavy atom. The van der Waals surface area contributed by atoms with Gasteiger partial charge in [0.05, 0.1) is 13.7 Å². The molecule has 1 aromatic carbocycles. The number of hydrogen-bond donors (Lipinski definition) is 0. The number of aryl methyl sites for hydroxylation is 1. The number of ketones is 1. The SMILES string of the molecule is COc1nccnc1C(=O)CCOc1cccc(C)c1. The number of aromatic nitrogens is 2. The van der Waals surface area contributed by atoms with E-state index < -0.39 is 0 Å². The first-order valence-corrected chi connectivity index (χ1v) is 6.28. The summed E-state index contributed by atoms with van der Waals surface area (Å²) in [5.41, 5.74) is 1.35. The molecule has 1 aromatic heterocycles. The molecule has 0 bridgehead atoms. The van der Waals surface area contributed by atoms with Crippen LogP contribution in [0.25, 0.3) is 0 Å². The Morgan fingerprint density at radius 3 is 2.80 bits per heavy atom. The first-order valence-electron chi connectivity index (χ1n) is 6.28. The lowest BCUT2D eigenvalue weighted by molar-refractivity contribution is 0.0953. The van der Waals surface area contributed by atoms with Crippen molar-refractivity contribution in [2.24, 2.45) is 0 Å². The number of rotatable bonds is 6. The fraction of sp³-hybridized carbons (Fsp3) is 0.267. The summed E-state index contributed by atoms with van der Waals surface area (Å²) in [7, 11) is 1.46. The molecule has 5 nitrogen and oxygen atoms in total. The minimum atomic E-state index is -0.150. The van der Waals surface area contributed by atoms with Crippen LogP contribution in [-0.2, 0) is 0 Å². The van der Waals surface area contributed by atoms with Crippen molar-refractivity contribution in [3.8, 4) is 11.6 Å². The second-order valence-electron chi connectivity index (χ2n) is 4.25. The van der Waals surface area contributed by atoms with Gasteiger partial charge >= 0.3 is 0 Å². The van der Waals surface area contributed by atoms with Crippen LogP contribution in [0.5, 0.6) is 11.6 Å². The third kappa shape index (κ3) is 3.54. The van der Waals surface area contributed by atoms with E-state index in [-0.39, 0.29) is 23.8 Å². The minimum absolute atomic E-state index is 0.150. The van der Waals surface area contributed by atoms with E-state index in [4.69, 9.17) is 9.47 Å². The van der Waals surface area contributed by atoms with E-state index in [0.717, 1.165) is 11.3 Å². The van der Waals surface area contributed by atoms with Crippen molar-refractivity contribution in [2.75, 3.05) is 13.7 Å². The summed E-state index contributed by atoms with van der Waals surface area (Å²) in [4.78, 5) is 20.0. The maximum Gasteiger partial charge on any atom is 0.243 e. The second kappa shape index (κ2) is 6.65. The molecule has 0 spiro atoms. The molecule has 2 rings (SSSR count). The number of benzene rings is 1. The van der Waals surface area contributed by atoms with Gasteiger partial charge in [-0.1, -0.05) is 12.1 Å². The van der Waals surface area contributed by atoms with E-state index in [1.165, 1.54) is 19.5 Å². The van der Waals surface area contributed by atoms with Crippen molar-refractivity contribution < 1.29 is 14.3 Å². The molecule has 0 saturated heterocycles. The van der Waals surface area contributed by atoms with Gasteiger partial charge in [0.2, 0.25) is 5.88 Å². The van der Waals surface area contributed by atoms with Crippen LogP contribution in [0, 0.1) is 6.92 Å². The maximum absolute atomic E-state index is 12.0. The number of nitrogens with zero attached hydrogens (tertiary/aromatic N) is 2. The van der Waals surface area contributed by atoms with Crippen LogP contribution in [0.4, 0.5) is 0 Å². The van der Waals surface area contributed by atoms with Gasteiger partial charge in [-0.2, -0.15) is 0 Å². The van der Waals surface area contributed by atoms with Crippen LogP contribution in [0.15, 0.2) is 36.7 Å². The molecule has 0 amide bonds. The summed E-state index contributed by atoms with van der Waals surface area (Å²) >= 11 is 0. The first kappa shape index (κ1) is 14.0. The molecule has 20 heavy (non-hydrogen) atoms. The summed E-state index contributed by atoms with van der Waals surface area (Å²) in [6, 6.07) is 7.69. The molecule has 2 aromatic rings. The van der Waals surface area contributed by atoms with Crippen LogP contribution >= 0.6 is 0 Å². The summed E-state index contributed by atoms with van der Waals surface area (Å²) in [5.74, 6) is 0.847. The zero-order valence-corrected chi connectivity index (χ0v) is 11.5. The molecule has 0 N–H and O–H groups in total. The van der Waals surface area contributed by atoms with Crippen LogP contribution in [0.3, 0.4) is 0 Å². The second-order valence-corrected chi connectivity index (χ2v) is 4.25. The Hall–Kier alpha value is -2.43. The minimum Gasteiger partial charge on any atom is -0.493 e. The lowest BCUT2D eigenvalue weighted by atomic mass is 10.2. The Morgan fingerprint density at radius 1 is 1.25 bits per heavy atom. The van der Waals surface area contributed by atoms with E-state index in [0.29, 0.717) is 6.61 Å². The normalized spacial score (nSPS) is 10.1. The predicted molar refractivity (Wildman–Crippen MR) is 74.2 cm³/mol. The van der Waals surface area contributed by atoms with Crippen molar-refractivity contribution in [3.63, 3.8) is 0 Å². The van der Waals surface area contributed by atoms with Gasteiger partial charge < -0.3 is 9.47 Å². The molecule has 0 saturated carbocycles. The van der Waals surface area contributed by atoms with Crippen molar-refractivity contribution in [2.45, 2.75) is 13.3 Å². The van der Waals surface area contributed by atoms with Gasteiger partial charge in [-0.3, -0.25) is 4.79 Å². The van der Waals surface area contributed by atoms with Gasteiger partial charge in [-0.05, 0) is 24.6 Å². The number of hydrogen-bond acceptors (Lipinski definition) is 5. The third-order valence-electron chi connectivity index (χ3n) is 2.71. The van der Waals surface area contributed by atoms with E-state index in [1.807, 2.05) is 31.2 Å². The van der Waals surface area contributed by atoms with Crippen LogP contribution in [0.1, 0.15) is 22.5 Å². The van der Waals surface area contributed by atoms with Gasteiger partial charge in [-0.15, -0.1) is 0 Å². The molecule has 0 atom stereocenters. The number of carbonyl (C=O) groups is 1. The highest BCUT2D eigenvalue weighted by atomic mass is 16.5. The summed E-state index contributed by atoms with van der Waals surface area (Å²) in [6.07, 6.45) is 3.18. The van der Waals surface area contributed by atoms with Crippen LogP contribution in [0.2, 0.25) is 0 Å². The first-order chi connectivity index (χ1) is 9.70. The van der Waals surface area contributed by atoms with Crippen LogP contribution < -0.4 is 9.47 Å². The number of Topliss-reactive ketones (excluding diaryl/α,β-unsaturated/α-hetero) is 1.